The molecule has 1 amide bonds. The maximum atomic E-state index is 13.0. The van der Waals surface area contributed by atoms with Crippen LogP contribution in [0.25, 0.3) is 21.6 Å². The highest BCUT2D eigenvalue weighted by atomic mass is 32.1. The highest BCUT2D eigenvalue weighted by molar-refractivity contribution is 7.13. The van der Waals surface area contributed by atoms with Crippen LogP contribution < -0.4 is 0 Å². The summed E-state index contributed by atoms with van der Waals surface area (Å²) in [4.78, 5) is 38.3. The van der Waals surface area contributed by atoms with Gasteiger partial charge in [0.15, 0.2) is 0 Å². The van der Waals surface area contributed by atoms with Crippen molar-refractivity contribution in [2.75, 3.05) is 26.2 Å². The van der Waals surface area contributed by atoms with Gasteiger partial charge in [-0.1, -0.05) is 29.4 Å². The van der Waals surface area contributed by atoms with Crippen LogP contribution in [-0.2, 0) is 11.3 Å². The van der Waals surface area contributed by atoms with E-state index >= 15 is 0 Å². The van der Waals surface area contributed by atoms with E-state index < -0.39 is 11.7 Å². The SMILES string of the molecule is Cc1[nH]c2ccccc2c1C(=O)C(=O)N1CCN(Cc2nc(-c3cccs3)no2)CC1. The van der Waals surface area contributed by atoms with Crippen molar-refractivity contribution < 1.29 is 14.1 Å². The van der Waals surface area contributed by atoms with Crippen molar-refractivity contribution in [1.29, 1.82) is 0 Å². The first-order chi connectivity index (χ1) is 15.1. The third kappa shape index (κ3) is 3.77. The lowest BCUT2D eigenvalue weighted by Crippen LogP contribution is -2.50. The average molecular weight is 436 g/mol. The Balaban J connectivity index is 1.22. The molecule has 4 aromatic rings. The molecule has 0 radical (unpaired) electrons. The zero-order chi connectivity index (χ0) is 21.4. The first kappa shape index (κ1) is 19.7. The number of hydrogen-bond donors (Lipinski definition) is 1. The predicted molar refractivity (Wildman–Crippen MR) is 117 cm³/mol. The molecule has 158 valence electrons. The first-order valence-corrected chi connectivity index (χ1v) is 11.0. The zero-order valence-corrected chi connectivity index (χ0v) is 17.8. The van der Waals surface area contributed by atoms with Crippen molar-refractivity contribution >= 4 is 33.9 Å². The molecule has 9 heteroatoms. The topological polar surface area (TPSA) is 95.3 Å². The second kappa shape index (κ2) is 8.09. The number of para-hydroxylation sites is 1. The van der Waals surface area contributed by atoms with E-state index in [4.69, 9.17) is 4.52 Å². The summed E-state index contributed by atoms with van der Waals surface area (Å²) in [6, 6.07) is 11.5. The van der Waals surface area contributed by atoms with Crippen molar-refractivity contribution in [2.24, 2.45) is 0 Å². The number of nitrogens with one attached hydrogen (secondary N) is 1. The lowest BCUT2D eigenvalue weighted by Gasteiger charge is -2.33. The highest BCUT2D eigenvalue weighted by Gasteiger charge is 2.30. The van der Waals surface area contributed by atoms with E-state index in [-0.39, 0.29) is 0 Å². The number of piperazine rings is 1. The molecule has 4 heterocycles. The van der Waals surface area contributed by atoms with Gasteiger partial charge in [0.1, 0.15) is 0 Å². The summed E-state index contributed by atoms with van der Waals surface area (Å²) in [7, 11) is 0. The van der Waals surface area contributed by atoms with Gasteiger partial charge >= 0.3 is 0 Å². The number of hydrogen-bond acceptors (Lipinski definition) is 7. The summed E-state index contributed by atoms with van der Waals surface area (Å²) in [5.41, 5.74) is 2.05. The molecule has 0 spiro atoms. The minimum absolute atomic E-state index is 0.453. The van der Waals surface area contributed by atoms with E-state index in [1.165, 1.54) is 0 Å². The van der Waals surface area contributed by atoms with Crippen molar-refractivity contribution in [3.63, 3.8) is 0 Å². The van der Waals surface area contributed by atoms with Crippen LogP contribution in [0.4, 0.5) is 0 Å². The van der Waals surface area contributed by atoms with Gasteiger partial charge in [0.25, 0.3) is 11.7 Å². The Kier molecular flexibility index (Phi) is 5.13. The highest BCUT2D eigenvalue weighted by Crippen LogP contribution is 2.24. The molecule has 1 aliphatic rings. The summed E-state index contributed by atoms with van der Waals surface area (Å²) >= 11 is 1.57. The number of fused-ring (bicyclic) bond motifs is 1. The van der Waals surface area contributed by atoms with Crippen molar-refractivity contribution in [3.8, 4) is 10.7 Å². The van der Waals surface area contributed by atoms with Gasteiger partial charge in [0.2, 0.25) is 11.7 Å². The van der Waals surface area contributed by atoms with Crippen molar-refractivity contribution in [3.05, 3.63) is 58.9 Å². The third-order valence-corrected chi connectivity index (χ3v) is 6.41. The first-order valence-electron chi connectivity index (χ1n) is 10.1. The number of Topliss-reactive ketones (excluding diaryl/α,β-unsaturated/α-hetero) is 1. The lowest BCUT2D eigenvalue weighted by atomic mass is 10.1. The average Bonchev–Trinajstić information content (AvgIpc) is 3.52. The van der Waals surface area contributed by atoms with E-state index in [2.05, 4.69) is 20.0 Å². The predicted octanol–water partition coefficient (Wildman–Crippen LogP) is 3.11. The van der Waals surface area contributed by atoms with E-state index in [0.29, 0.717) is 50.0 Å². The Morgan fingerprint density at radius 3 is 2.71 bits per heavy atom. The molecular weight excluding hydrogens is 414 g/mol. The molecule has 0 atom stereocenters. The molecule has 1 aliphatic heterocycles. The second-order valence-corrected chi connectivity index (χ2v) is 8.50. The number of amides is 1. The number of aromatic amines is 1. The molecule has 0 unspecified atom stereocenters. The number of carbonyl (C=O) groups excluding carboxylic acids is 2. The van der Waals surface area contributed by atoms with E-state index in [1.54, 1.807) is 16.2 Å². The molecule has 1 fully saturated rings. The van der Waals surface area contributed by atoms with Gasteiger partial charge < -0.3 is 14.4 Å². The van der Waals surface area contributed by atoms with Crippen molar-refractivity contribution in [2.45, 2.75) is 13.5 Å². The zero-order valence-electron chi connectivity index (χ0n) is 17.0. The van der Waals surface area contributed by atoms with Gasteiger partial charge in [-0.25, -0.2) is 0 Å². The number of thiophene rings is 1. The Morgan fingerprint density at radius 2 is 1.94 bits per heavy atom. The van der Waals surface area contributed by atoms with Gasteiger partial charge in [-0.15, -0.1) is 11.3 Å². The van der Waals surface area contributed by atoms with Gasteiger partial charge in [0.05, 0.1) is 17.0 Å². The molecule has 5 rings (SSSR count). The Bertz CT molecular complexity index is 1240. The fourth-order valence-electron chi connectivity index (χ4n) is 3.95. The fraction of sp³-hybridized carbons (Fsp3) is 0.273. The molecule has 8 nitrogen and oxygen atoms in total. The number of rotatable bonds is 5. The molecular formula is C22H21N5O3S. The van der Waals surface area contributed by atoms with Gasteiger partial charge in [-0.3, -0.25) is 14.5 Å². The van der Waals surface area contributed by atoms with Crippen LogP contribution in [0.2, 0.25) is 0 Å². The van der Waals surface area contributed by atoms with Crippen LogP contribution in [0.1, 0.15) is 21.9 Å². The van der Waals surface area contributed by atoms with Crippen LogP contribution >= 0.6 is 11.3 Å². The monoisotopic (exact) mass is 435 g/mol. The lowest BCUT2D eigenvalue weighted by molar-refractivity contribution is -0.128. The van der Waals surface area contributed by atoms with Gasteiger partial charge in [-0.05, 0) is 24.4 Å². The standard InChI is InChI=1S/C22H21N5O3S/c1-14-19(15-5-2-3-6-16(15)23-14)20(28)22(29)27-10-8-26(9-11-27)13-18-24-21(25-30-18)17-7-4-12-31-17/h2-7,12,23H,8-11,13H2,1H3. The molecule has 1 N–H and O–H groups in total. The Hall–Kier alpha value is -3.30. The Labute approximate surface area is 182 Å². The van der Waals surface area contributed by atoms with Crippen LogP contribution in [-0.4, -0.2) is 62.8 Å². The second-order valence-electron chi connectivity index (χ2n) is 7.56. The molecule has 1 saturated heterocycles. The third-order valence-electron chi connectivity index (χ3n) is 5.54. The Morgan fingerprint density at radius 1 is 1.13 bits per heavy atom. The molecule has 0 aliphatic carbocycles. The summed E-state index contributed by atoms with van der Waals surface area (Å²) < 4.78 is 5.37. The number of ketones is 1. The van der Waals surface area contributed by atoms with Crippen molar-refractivity contribution in [1.82, 2.24) is 24.9 Å². The smallest absolute Gasteiger partial charge is 0.295 e. The van der Waals surface area contributed by atoms with Gasteiger partial charge in [-0.2, -0.15) is 4.98 Å². The molecule has 0 saturated carbocycles. The quantitative estimate of drug-likeness (QED) is 0.382. The number of aryl methyl sites for hydroxylation is 1. The van der Waals surface area contributed by atoms with E-state index in [0.717, 1.165) is 21.5 Å². The normalized spacial score (nSPS) is 14.9. The van der Waals surface area contributed by atoms with Crippen LogP contribution in [0.5, 0.6) is 0 Å². The summed E-state index contributed by atoms with van der Waals surface area (Å²) in [5, 5.41) is 6.80. The molecule has 3 aromatic heterocycles. The number of carbonyl (C=O) groups is 2. The maximum Gasteiger partial charge on any atom is 0.295 e. The number of benzene rings is 1. The maximum absolute atomic E-state index is 13.0. The van der Waals surface area contributed by atoms with Gasteiger partial charge in [0, 0.05) is 42.8 Å². The summed E-state index contributed by atoms with van der Waals surface area (Å²) in [5.74, 6) is 0.235. The largest absolute Gasteiger partial charge is 0.358 e. The van der Waals surface area contributed by atoms with E-state index in [1.807, 2.05) is 48.7 Å². The molecule has 1 aromatic carbocycles. The number of H-pyrrole nitrogens is 1. The summed E-state index contributed by atoms with van der Waals surface area (Å²) in [6.07, 6.45) is 0. The number of aromatic nitrogens is 3. The van der Waals surface area contributed by atoms with Crippen LogP contribution in [0.15, 0.2) is 46.3 Å². The van der Waals surface area contributed by atoms with Crippen LogP contribution in [0.3, 0.4) is 0 Å². The molecule has 31 heavy (non-hydrogen) atoms. The fourth-order valence-corrected chi connectivity index (χ4v) is 4.59. The number of nitrogens with zero attached hydrogens (tertiary/aromatic N) is 4. The van der Waals surface area contributed by atoms with Crippen LogP contribution in [0, 0.1) is 6.92 Å². The van der Waals surface area contributed by atoms with E-state index in [9.17, 15) is 9.59 Å². The minimum Gasteiger partial charge on any atom is -0.358 e. The molecule has 0 bridgehead atoms. The summed E-state index contributed by atoms with van der Waals surface area (Å²) in [6.45, 7) is 4.60. The minimum atomic E-state index is -0.458.